The van der Waals surface area contributed by atoms with E-state index in [1.807, 2.05) is 66.7 Å². The average molecular weight is 452 g/mol. The molecule has 0 aliphatic carbocycles. The minimum atomic E-state index is -0.577. The molecule has 0 saturated carbocycles. The number of oxime groups is 1. The van der Waals surface area contributed by atoms with Crippen molar-refractivity contribution in [1.82, 2.24) is 4.90 Å². The largest absolute Gasteiger partial charge is 0.381 e. The van der Waals surface area contributed by atoms with E-state index in [0.717, 1.165) is 36.0 Å². The third-order valence-electron chi connectivity index (χ3n) is 6.08. The number of hydrogen-bond acceptors (Lipinski definition) is 4. The molecule has 0 fully saturated rings. The van der Waals surface area contributed by atoms with Crippen LogP contribution in [0.2, 0.25) is 0 Å². The number of amides is 1. The van der Waals surface area contributed by atoms with Gasteiger partial charge in [-0.1, -0.05) is 91.3 Å². The quantitative estimate of drug-likeness (QED) is 0.395. The highest BCUT2D eigenvalue weighted by molar-refractivity contribution is 6.01. The van der Waals surface area contributed by atoms with Crippen molar-refractivity contribution in [1.29, 1.82) is 5.26 Å². The van der Waals surface area contributed by atoms with E-state index in [1.54, 1.807) is 4.90 Å². The van der Waals surface area contributed by atoms with E-state index in [4.69, 9.17) is 4.84 Å². The topological polar surface area (TPSA) is 65.7 Å². The Bertz CT molecular complexity index is 1180. The van der Waals surface area contributed by atoms with Gasteiger partial charge in [0.2, 0.25) is 6.10 Å². The second-order valence-electron chi connectivity index (χ2n) is 8.51. The van der Waals surface area contributed by atoms with Gasteiger partial charge in [0.15, 0.2) is 5.84 Å². The number of benzene rings is 3. The van der Waals surface area contributed by atoms with E-state index in [-0.39, 0.29) is 5.91 Å². The van der Waals surface area contributed by atoms with E-state index in [0.29, 0.717) is 30.8 Å². The lowest BCUT2D eigenvalue weighted by Crippen LogP contribution is -2.47. The molecule has 0 bridgehead atoms. The second kappa shape index (κ2) is 11.3. The Kier molecular flexibility index (Phi) is 7.72. The predicted octanol–water partition coefficient (Wildman–Crippen LogP) is 6.09. The molecule has 3 aromatic carbocycles. The first-order valence-electron chi connectivity index (χ1n) is 11.9. The van der Waals surface area contributed by atoms with Gasteiger partial charge in [-0.2, -0.15) is 5.26 Å². The molecule has 5 nitrogen and oxygen atoms in total. The molecule has 0 radical (unpaired) electrons. The highest BCUT2D eigenvalue weighted by Gasteiger charge is 2.33. The Morgan fingerprint density at radius 3 is 2.41 bits per heavy atom. The number of hydrogen-bond donors (Lipinski definition) is 0. The molecule has 1 atom stereocenters. The summed E-state index contributed by atoms with van der Waals surface area (Å²) in [6, 6.07) is 28.0. The number of rotatable bonds is 9. The molecule has 0 saturated heterocycles. The fourth-order valence-electron chi connectivity index (χ4n) is 4.13. The molecule has 1 heterocycles. The maximum atomic E-state index is 13.4. The van der Waals surface area contributed by atoms with Crippen molar-refractivity contribution < 1.29 is 9.63 Å². The van der Waals surface area contributed by atoms with Gasteiger partial charge in [0.25, 0.3) is 5.91 Å². The van der Waals surface area contributed by atoms with Crippen molar-refractivity contribution in [3.63, 3.8) is 0 Å². The van der Waals surface area contributed by atoms with Crippen LogP contribution < -0.4 is 0 Å². The minimum Gasteiger partial charge on any atom is -0.381 e. The number of carbonyl (C=O) groups is 1. The van der Waals surface area contributed by atoms with Crippen LogP contribution in [0.5, 0.6) is 0 Å². The van der Waals surface area contributed by atoms with Gasteiger partial charge in [0.05, 0.1) is 18.2 Å². The molecule has 3 aromatic rings. The zero-order valence-corrected chi connectivity index (χ0v) is 19.5. The van der Waals surface area contributed by atoms with E-state index in [9.17, 15) is 10.1 Å². The third kappa shape index (κ3) is 5.52. The van der Waals surface area contributed by atoms with E-state index in [2.05, 4.69) is 30.3 Å². The SMILES string of the molecule is CCCCC1=NOC(CCc2ccccc2)C(=O)N1Cc1ccc(-c2ccccc2C#N)cc1. The highest BCUT2D eigenvalue weighted by Crippen LogP contribution is 2.25. The van der Waals surface area contributed by atoms with Crippen molar-refractivity contribution in [2.75, 3.05) is 0 Å². The zero-order valence-electron chi connectivity index (χ0n) is 19.5. The van der Waals surface area contributed by atoms with Gasteiger partial charge < -0.3 is 4.84 Å². The molecule has 0 spiro atoms. The summed E-state index contributed by atoms with van der Waals surface area (Å²) in [4.78, 5) is 20.8. The smallest absolute Gasteiger partial charge is 0.272 e. The van der Waals surface area contributed by atoms with Gasteiger partial charge in [0, 0.05) is 12.8 Å². The predicted molar refractivity (Wildman–Crippen MR) is 134 cm³/mol. The van der Waals surface area contributed by atoms with Crippen LogP contribution in [-0.4, -0.2) is 22.7 Å². The summed E-state index contributed by atoms with van der Waals surface area (Å²) in [5.74, 6) is 0.664. The zero-order chi connectivity index (χ0) is 23.8. The number of unbranched alkanes of at least 4 members (excludes halogenated alkanes) is 1. The lowest BCUT2D eigenvalue weighted by molar-refractivity contribution is -0.144. The van der Waals surface area contributed by atoms with Crippen molar-refractivity contribution in [2.24, 2.45) is 5.16 Å². The molecule has 1 aliphatic rings. The van der Waals surface area contributed by atoms with E-state index < -0.39 is 6.10 Å². The molecule has 1 amide bonds. The third-order valence-corrected chi connectivity index (χ3v) is 6.08. The summed E-state index contributed by atoms with van der Waals surface area (Å²) < 4.78 is 0. The van der Waals surface area contributed by atoms with Gasteiger partial charge in [-0.05, 0) is 41.2 Å². The Labute approximate surface area is 201 Å². The first kappa shape index (κ1) is 23.3. The molecular weight excluding hydrogens is 422 g/mol. The monoisotopic (exact) mass is 451 g/mol. The summed E-state index contributed by atoms with van der Waals surface area (Å²) >= 11 is 0. The Balaban J connectivity index is 1.50. The van der Waals surface area contributed by atoms with Crippen molar-refractivity contribution in [3.8, 4) is 17.2 Å². The molecule has 5 heteroatoms. The fourth-order valence-corrected chi connectivity index (χ4v) is 4.13. The van der Waals surface area contributed by atoms with Crippen molar-refractivity contribution >= 4 is 11.7 Å². The maximum absolute atomic E-state index is 13.4. The van der Waals surface area contributed by atoms with Crippen LogP contribution in [-0.2, 0) is 22.6 Å². The van der Waals surface area contributed by atoms with Gasteiger partial charge in [-0.25, -0.2) is 0 Å². The van der Waals surface area contributed by atoms with Crippen LogP contribution in [0, 0.1) is 11.3 Å². The van der Waals surface area contributed by atoms with Crippen LogP contribution in [0.3, 0.4) is 0 Å². The normalized spacial score (nSPS) is 15.4. The van der Waals surface area contributed by atoms with Crippen LogP contribution in [0.4, 0.5) is 0 Å². The number of carbonyl (C=O) groups excluding carboxylic acids is 1. The lowest BCUT2D eigenvalue weighted by atomic mass is 9.99. The van der Waals surface area contributed by atoms with E-state index >= 15 is 0 Å². The number of aryl methyl sites for hydroxylation is 1. The fraction of sp³-hybridized carbons (Fsp3) is 0.276. The maximum Gasteiger partial charge on any atom is 0.272 e. The molecule has 0 aromatic heterocycles. The molecule has 34 heavy (non-hydrogen) atoms. The standard InChI is InChI=1S/C29H29N3O2/c1-2-3-13-28-31-34-27(19-16-22-9-5-4-6-10-22)29(33)32(28)21-23-14-17-24(18-15-23)26-12-8-7-11-25(26)20-30/h4-12,14-15,17-18,27H,2-3,13,16,19,21H2,1H3. The summed E-state index contributed by atoms with van der Waals surface area (Å²) in [5.41, 5.74) is 4.73. The Morgan fingerprint density at radius 2 is 1.68 bits per heavy atom. The van der Waals surface area contributed by atoms with Gasteiger partial charge in [0.1, 0.15) is 0 Å². The molecule has 4 rings (SSSR count). The van der Waals surface area contributed by atoms with Gasteiger partial charge in [-0.15, -0.1) is 0 Å². The van der Waals surface area contributed by atoms with Crippen molar-refractivity contribution in [3.05, 3.63) is 95.6 Å². The molecule has 172 valence electrons. The van der Waals surface area contributed by atoms with Crippen LogP contribution >= 0.6 is 0 Å². The molecule has 0 N–H and O–H groups in total. The Hall–Kier alpha value is -3.91. The average Bonchev–Trinajstić information content (AvgIpc) is 2.89. The number of nitriles is 1. The van der Waals surface area contributed by atoms with Gasteiger partial charge in [-0.3, -0.25) is 9.69 Å². The molecule has 1 aliphatic heterocycles. The summed E-state index contributed by atoms with van der Waals surface area (Å²) in [6.45, 7) is 2.57. The first-order valence-corrected chi connectivity index (χ1v) is 11.9. The van der Waals surface area contributed by atoms with Crippen molar-refractivity contribution in [2.45, 2.75) is 51.7 Å². The summed E-state index contributed by atoms with van der Waals surface area (Å²) in [5, 5.41) is 13.8. The highest BCUT2D eigenvalue weighted by atomic mass is 16.6. The lowest BCUT2D eigenvalue weighted by Gasteiger charge is -2.31. The minimum absolute atomic E-state index is 0.0315. The number of amidine groups is 1. The van der Waals surface area contributed by atoms with Crippen LogP contribution in [0.25, 0.3) is 11.1 Å². The molecule has 1 unspecified atom stereocenters. The summed E-state index contributed by atoms with van der Waals surface area (Å²) in [7, 11) is 0. The van der Waals surface area contributed by atoms with E-state index in [1.165, 1.54) is 5.56 Å². The molecular formula is C29H29N3O2. The summed E-state index contributed by atoms with van der Waals surface area (Å²) in [6.07, 6.45) is 3.45. The second-order valence-corrected chi connectivity index (χ2v) is 8.51. The number of nitrogens with zero attached hydrogens (tertiary/aromatic N) is 3. The van der Waals surface area contributed by atoms with Crippen LogP contribution in [0.1, 0.15) is 49.3 Å². The van der Waals surface area contributed by atoms with Gasteiger partial charge >= 0.3 is 0 Å². The van der Waals surface area contributed by atoms with Crippen LogP contribution in [0.15, 0.2) is 84.0 Å². The Morgan fingerprint density at radius 1 is 0.941 bits per heavy atom. The first-order chi connectivity index (χ1) is 16.7.